The molecule has 1 heterocycles. The van der Waals surface area contributed by atoms with Gasteiger partial charge in [-0.25, -0.2) is 0 Å². The van der Waals surface area contributed by atoms with Gasteiger partial charge in [0.15, 0.2) is 0 Å². The first-order valence-electron chi connectivity index (χ1n) is 5.91. The van der Waals surface area contributed by atoms with Crippen molar-refractivity contribution in [3.63, 3.8) is 0 Å². The van der Waals surface area contributed by atoms with E-state index in [0.29, 0.717) is 0 Å². The van der Waals surface area contributed by atoms with Crippen LogP contribution in [0.25, 0.3) is 0 Å². The number of hydrogen-bond acceptors (Lipinski definition) is 1. The number of unbranched alkanes of at least 4 members (excludes halogenated alkanes) is 2. The fourth-order valence-electron chi connectivity index (χ4n) is 1.85. The van der Waals surface area contributed by atoms with E-state index in [0.717, 1.165) is 0 Å². The van der Waals surface area contributed by atoms with E-state index in [2.05, 4.69) is 31.4 Å². The van der Waals surface area contributed by atoms with Crippen LogP contribution in [0.1, 0.15) is 39.5 Å². The van der Waals surface area contributed by atoms with E-state index >= 15 is 0 Å². The molecule has 0 aromatic carbocycles. The summed E-state index contributed by atoms with van der Waals surface area (Å²) in [5.41, 5.74) is 0. The van der Waals surface area contributed by atoms with Gasteiger partial charge in [-0.15, -0.1) is 0 Å². The summed E-state index contributed by atoms with van der Waals surface area (Å²) >= 11 is 0.747. The van der Waals surface area contributed by atoms with Gasteiger partial charge in [0.1, 0.15) is 0 Å². The molecule has 0 spiro atoms. The molecule has 0 aliphatic carbocycles. The van der Waals surface area contributed by atoms with Gasteiger partial charge in [0.05, 0.1) is 0 Å². The SMILES string of the molecule is CCC[CH2][SnH]([CH2]CCC)[c]1cccs1. The Morgan fingerprint density at radius 1 is 1.14 bits per heavy atom. The average molecular weight is 317 g/mol. The van der Waals surface area contributed by atoms with Gasteiger partial charge in [0.2, 0.25) is 0 Å². The summed E-state index contributed by atoms with van der Waals surface area (Å²) in [5, 5.41) is 2.26. The van der Waals surface area contributed by atoms with E-state index in [1.165, 1.54) is 25.7 Å². The molecule has 0 saturated heterocycles. The van der Waals surface area contributed by atoms with Gasteiger partial charge in [0, 0.05) is 0 Å². The van der Waals surface area contributed by atoms with E-state index < -0.39 is 19.8 Å². The standard InChI is InChI=1S/C4H3S.2C4H9.Sn.H/c1-2-4-5-3-1;2*1-3-4-2;;/h1-3H;2*1,3-4H2,2H3;;. The first kappa shape index (κ1) is 12.6. The monoisotopic (exact) mass is 318 g/mol. The number of thiophene rings is 1. The molecule has 2 heteroatoms. The molecule has 1 aromatic heterocycles. The Labute approximate surface area is 99.5 Å². The van der Waals surface area contributed by atoms with E-state index in [1.807, 2.05) is 14.2 Å². The summed E-state index contributed by atoms with van der Waals surface area (Å²) in [6.45, 7) is 4.63. The van der Waals surface area contributed by atoms with E-state index in [4.69, 9.17) is 0 Å². The Morgan fingerprint density at radius 3 is 2.21 bits per heavy atom. The topological polar surface area (TPSA) is 0 Å². The van der Waals surface area contributed by atoms with Gasteiger partial charge in [-0.2, -0.15) is 0 Å². The van der Waals surface area contributed by atoms with E-state index in [-0.39, 0.29) is 0 Å². The van der Waals surface area contributed by atoms with Crippen molar-refractivity contribution in [2.75, 3.05) is 0 Å². The molecule has 0 aliphatic rings. The zero-order valence-corrected chi connectivity index (χ0v) is 13.6. The van der Waals surface area contributed by atoms with Crippen LogP contribution in [-0.4, -0.2) is 19.8 Å². The Balaban J connectivity index is 2.44. The molecule has 0 saturated carbocycles. The quantitative estimate of drug-likeness (QED) is 0.672. The molecule has 1 aromatic rings. The van der Waals surface area contributed by atoms with Gasteiger partial charge < -0.3 is 0 Å². The van der Waals surface area contributed by atoms with Crippen molar-refractivity contribution in [2.24, 2.45) is 0 Å². The first-order chi connectivity index (χ1) is 6.88. The van der Waals surface area contributed by atoms with Crippen LogP contribution in [0.5, 0.6) is 0 Å². The summed E-state index contributed by atoms with van der Waals surface area (Å²) < 4.78 is 5.01. The molecular weight excluding hydrogens is 295 g/mol. The Morgan fingerprint density at radius 2 is 1.79 bits per heavy atom. The molecule has 0 bridgehead atoms. The van der Waals surface area contributed by atoms with Crippen LogP contribution in [0.2, 0.25) is 8.87 Å². The predicted molar refractivity (Wildman–Crippen MR) is 70.5 cm³/mol. The Hall–Kier alpha value is 0.499. The third-order valence-corrected chi connectivity index (χ3v) is 16.0. The van der Waals surface area contributed by atoms with Crippen LogP contribution < -0.4 is 2.89 Å². The minimum atomic E-state index is -1.28. The second-order valence-electron chi connectivity index (χ2n) is 4.00. The molecule has 0 nitrogen and oxygen atoms in total. The predicted octanol–water partition coefficient (Wildman–Crippen LogP) is 3.78. The average Bonchev–Trinajstić information content (AvgIpc) is 2.71. The second kappa shape index (κ2) is 7.75. The molecule has 1 rings (SSSR count). The third-order valence-electron chi connectivity index (χ3n) is 2.76. The molecule has 0 atom stereocenters. The van der Waals surface area contributed by atoms with Gasteiger partial charge in [-0.3, -0.25) is 0 Å². The zero-order valence-electron chi connectivity index (χ0n) is 9.46. The van der Waals surface area contributed by atoms with Crippen molar-refractivity contribution in [1.82, 2.24) is 0 Å². The summed E-state index contributed by atoms with van der Waals surface area (Å²) in [6, 6.07) is 4.64. The van der Waals surface area contributed by atoms with Crippen LogP contribution in [-0.2, 0) is 0 Å². The van der Waals surface area contributed by atoms with Gasteiger partial charge in [-0.05, 0) is 0 Å². The maximum absolute atomic E-state index is 2.40. The molecule has 0 unspecified atom stereocenters. The molecule has 0 aliphatic heterocycles. The summed E-state index contributed by atoms with van der Waals surface area (Å²) in [4.78, 5) is 0. The maximum atomic E-state index is 2.40. The summed E-state index contributed by atoms with van der Waals surface area (Å²) in [6.07, 6.45) is 5.71. The zero-order chi connectivity index (χ0) is 10.2. The molecule has 0 radical (unpaired) electrons. The van der Waals surface area contributed by atoms with E-state index in [9.17, 15) is 0 Å². The summed E-state index contributed by atoms with van der Waals surface area (Å²) in [5.74, 6) is 0. The molecule has 0 N–H and O–H groups in total. The first-order valence-corrected chi connectivity index (χ1v) is 13.1. The number of rotatable bonds is 7. The van der Waals surface area contributed by atoms with Crippen molar-refractivity contribution in [3.05, 3.63) is 17.5 Å². The number of hydrogen-bond donors (Lipinski definition) is 0. The van der Waals surface area contributed by atoms with Gasteiger partial charge >= 0.3 is 99.9 Å². The fourth-order valence-corrected chi connectivity index (χ4v) is 15.1. The molecule has 0 fully saturated rings. The van der Waals surface area contributed by atoms with Crippen LogP contribution in [0.3, 0.4) is 0 Å². The minimum absolute atomic E-state index is 1.28. The normalized spacial score (nSPS) is 11.1. The molecular formula is C12H22SSn. The Bertz CT molecular complexity index is 210. The Kier molecular flexibility index (Phi) is 6.95. The van der Waals surface area contributed by atoms with Crippen molar-refractivity contribution in [1.29, 1.82) is 0 Å². The van der Waals surface area contributed by atoms with E-state index in [1.54, 1.807) is 8.87 Å². The van der Waals surface area contributed by atoms with Crippen LogP contribution in [0.4, 0.5) is 0 Å². The van der Waals surface area contributed by atoms with Crippen LogP contribution in [0, 0.1) is 0 Å². The van der Waals surface area contributed by atoms with Gasteiger partial charge in [-0.1, -0.05) is 0 Å². The van der Waals surface area contributed by atoms with Crippen molar-refractivity contribution in [3.8, 4) is 0 Å². The van der Waals surface area contributed by atoms with Crippen molar-refractivity contribution >= 4 is 34.0 Å². The van der Waals surface area contributed by atoms with Crippen molar-refractivity contribution in [2.45, 2.75) is 48.4 Å². The molecule has 14 heavy (non-hydrogen) atoms. The van der Waals surface area contributed by atoms with Crippen molar-refractivity contribution < 1.29 is 0 Å². The molecule has 0 amide bonds. The van der Waals surface area contributed by atoms with Crippen LogP contribution >= 0.6 is 11.3 Å². The summed E-state index contributed by atoms with van der Waals surface area (Å²) in [7, 11) is 0. The fraction of sp³-hybridized carbons (Fsp3) is 0.667. The van der Waals surface area contributed by atoms with Gasteiger partial charge in [0.25, 0.3) is 0 Å². The molecule has 80 valence electrons. The third kappa shape index (κ3) is 4.35. The second-order valence-corrected chi connectivity index (χ2v) is 15.2. The van der Waals surface area contributed by atoms with Crippen LogP contribution in [0.15, 0.2) is 17.5 Å².